The molecular formula is C43H53BrN4O3. The van der Waals surface area contributed by atoms with E-state index < -0.39 is 0 Å². The van der Waals surface area contributed by atoms with Crippen molar-refractivity contribution in [1.82, 2.24) is 18.7 Å². The number of fused-ring (bicyclic) bond motifs is 4. The van der Waals surface area contributed by atoms with Gasteiger partial charge in [0.05, 0.1) is 0 Å². The molecule has 270 valence electrons. The van der Waals surface area contributed by atoms with E-state index in [0.29, 0.717) is 0 Å². The van der Waals surface area contributed by atoms with Gasteiger partial charge in [-0.15, -0.1) is 0 Å². The van der Waals surface area contributed by atoms with Crippen molar-refractivity contribution in [3.63, 3.8) is 0 Å². The quantitative estimate of drug-likeness (QED) is 0.119. The number of benzene rings is 4. The van der Waals surface area contributed by atoms with Crippen LogP contribution in [0.1, 0.15) is 27.7 Å². The van der Waals surface area contributed by atoms with Crippen LogP contribution in [0.5, 0.6) is 0 Å². The summed E-state index contributed by atoms with van der Waals surface area (Å²) in [6.45, 7) is 6.86. The fraction of sp³-hybridized carbons (Fsp3) is 0.209. The summed E-state index contributed by atoms with van der Waals surface area (Å²) in [5.74, 6) is 0. The van der Waals surface area contributed by atoms with Crippen molar-refractivity contribution in [2.45, 2.75) is 27.7 Å². The second-order valence-electron chi connectivity index (χ2n) is 10.6. The number of nitrogens with zero attached hydrogens (tertiary/aromatic N) is 3. The molecule has 0 aliphatic rings. The minimum Gasteiger partial charge on any atom is -0.397 e. The average molecular weight is 754 g/mol. The maximum atomic E-state index is 8.81. The molecule has 4 aromatic heterocycles. The number of para-hydroxylation sites is 4. The van der Waals surface area contributed by atoms with Gasteiger partial charge in [-0.3, -0.25) is 0 Å². The molecule has 0 bridgehead atoms. The van der Waals surface area contributed by atoms with E-state index in [1.165, 1.54) is 57.5 Å². The Morgan fingerprint density at radius 2 is 0.824 bits per heavy atom. The molecule has 51 heavy (non-hydrogen) atoms. The third-order valence-electron chi connectivity index (χ3n) is 6.85. The van der Waals surface area contributed by atoms with Gasteiger partial charge in [-0.2, -0.15) is 0 Å². The number of nitrogens with one attached hydrogen (secondary N) is 1. The second kappa shape index (κ2) is 26.7. The molecule has 0 spiro atoms. The third-order valence-corrected chi connectivity index (χ3v) is 6.85. The molecule has 0 aliphatic carbocycles. The van der Waals surface area contributed by atoms with Gasteiger partial charge in [-0.1, -0.05) is 95.7 Å². The van der Waals surface area contributed by atoms with Gasteiger partial charge >= 0.3 is 0 Å². The molecule has 8 rings (SSSR count). The summed E-state index contributed by atoms with van der Waals surface area (Å²) >= 11 is 3.15. The van der Waals surface area contributed by atoms with Gasteiger partial charge in [-0.05, 0) is 90.8 Å². The molecule has 0 saturated carbocycles. The van der Waals surface area contributed by atoms with Crippen LogP contribution in [0.4, 0.5) is 0 Å². The minimum atomic E-state index is 0.250. The molecule has 8 aromatic rings. The fourth-order valence-corrected chi connectivity index (χ4v) is 4.66. The van der Waals surface area contributed by atoms with Crippen LogP contribution in [0.2, 0.25) is 0 Å². The highest BCUT2D eigenvalue weighted by atomic mass is 79.9. The van der Waals surface area contributed by atoms with Crippen molar-refractivity contribution in [1.29, 1.82) is 0 Å². The molecular weight excluding hydrogens is 700 g/mol. The number of aromatic amines is 1. The molecule has 4 aromatic carbocycles. The Kier molecular flexibility index (Phi) is 22.9. The topological polar surface area (TPSA) is 84.9 Å². The lowest BCUT2D eigenvalue weighted by Gasteiger charge is -1.92. The fourth-order valence-electron chi connectivity index (χ4n) is 4.66. The number of halogens is 1. The Labute approximate surface area is 311 Å². The molecule has 4 heterocycles. The normalized spacial score (nSPS) is 9.20. The van der Waals surface area contributed by atoms with E-state index >= 15 is 0 Å². The van der Waals surface area contributed by atoms with E-state index in [1.54, 1.807) is 6.92 Å². The number of aldehydes is 2. The van der Waals surface area contributed by atoms with Gasteiger partial charge in [0.15, 0.2) is 0 Å². The zero-order valence-corrected chi connectivity index (χ0v) is 32.5. The number of hydrogen-bond donors (Lipinski definition) is 2. The van der Waals surface area contributed by atoms with Gasteiger partial charge in [0, 0.05) is 79.9 Å². The SMILES string of the molecule is CC=O.CC=O.CCBr.CCO.Cn1ccc2ccccc21.Cn1ccc2ccccc21.Cn1ccc2ccccc21.c1ccc2[nH]ccc2c1. The van der Waals surface area contributed by atoms with Gasteiger partial charge in [-0.25, -0.2) is 0 Å². The lowest BCUT2D eigenvalue weighted by Crippen LogP contribution is -1.81. The average Bonchev–Trinajstić information content (AvgIpc) is 3.95. The first-order chi connectivity index (χ1) is 24.8. The number of aryl methyl sites for hydroxylation is 3. The molecule has 0 aliphatic heterocycles. The summed E-state index contributed by atoms with van der Waals surface area (Å²) in [4.78, 5) is 20.7. The monoisotopic (exact) mass is 752 g/mol. The molecule has 8 heteroatoms. The van der Waals surface area contributed by atoms with Crippen LogP contribution in [-0.2, 0) is 30.7 Å². The zero-order chi connectivity index (χ0) is 37.9. The smallest absolute Gasteiger partial charge is 0.116 e. The van der Waals surface area contributed by atoms with Crippen molar-refractivity contribution < 1.29 is 14.7 Å². The van der Waals surface area contributed by atoms with E-state index in [2.05, 4.69) is 184 Å². The Morgan fingerprint density at radius 1 is 0.549 bits per heavy atom. The molecule has 0 atom stereocenters. The van der Waals surface area contributed by atoms with Gasteiger partial charge in [0.25, 0.3) is 0 Å². The lowest BCUT2D eigenvalue weighted by atomic mass is 10.2. The highest BCUT2D eigenvalue weighted by Gasteiger charge is 1.94. The summed E-state index contributed by atoms with van der Waals surface area (Å²) in [7, 11) is 6.17. The van der Waals surface area contributed by atoms with Crippen LogP contribution in [0.3, 0.4) is 0 Å². The lowest BCUT2D eigenvalue weighted by molar-refractivity contribution is -0.106. The van der Waals surface area contributed by atoms with Gasteiger partial charge in [0.2, 0.25) is 0 Å². The standard InChI is InChI=1S/3C9H9N.C8H7N.C2H5Br.C2H6O.2C2H4O/c3*1-10-7-6-8-4-2-3-5-9(8)10;1-2-4-8-7(3-1)5-6-9-8;4*1-2-3/h3*2-7H,1H3;1-6,9H;2H2,1H3;3H,2H2,1H3;2*2H,1H3. The summed E-state index contributed by atoms with van der Waals surface area (Å²) < 4.78 is 6.36. The summed E-state index contributed by atoms with van der Waals surface area (Å²) in [6, 6.07) is 41.7. The maximum Gasteiger partial charge on any atom is 0.116 e. The van der Waals surface area contributed by atoms with E-state index in [9.17, 15) is 0 Å². The van der Waals surface area contributed by atoms with Crippen LogP contribution in [0, 0.1) is 0 Å². The van der Waals surface area contributed by atoms with Crippen LogP contribution < -0.4 is 0 Å². The zero-order valence-electron chi connectivity index (χ0n) is 30.9. The molecule has 0 fully saturated rings. The number of H-pyrrole nitrogens is 1. The second-order valence-corrected chi connectivity index (χ2v) is 11.7. The summed E-state index contributed by atoms with van der Waals surface area (Å²) in [6.07, 6.45) is 9.67. The maximum absolute atomic E-state index is 8.81. The van der Waals surface area contributed by atoms with Crippen molar-refractivity contribution in [3.8, 4) is 0 Å². The number of carbonyl (C=O) groups excluding carboxylic acids is 2. The number of aromatic nitrogens is 4. The van der Waals surface area contributed by atoms with Gasteiger partial charge < -0.3 is 33.4 Å². The first-order valence-corrected chi connectivity index (χ1v) is 17.9. The van der Waals surface area contributed by atoms with Crippen molar-refractivity contribution in [2.24, 2.45) is 21.1 Å². The molecule has 7 nitrogen and oxygen atoms in total. The van der Waals surface area contributed by atoms with Crippen molar-refractivity contribution >= 4 is 72.1 Å². The Bertz CT molecular complexity index is 1860. The predicted octanol–water partition coefficient (Wildman–Crippen LogP) is 10.5. The number of aliphatic hydroxyl groups is 1. The molecule has 0 unspecified atom stereocenters. The highest BCUT2D eigenvalue weighted by Crippen LogP contribution is 2.14. The van der Waals surface area contributed by atoms with Crippen LogP contribution >= 0.6 is 15.9 Å². The van der Waals surface area contributed by atoms with E-state index in [1.807, 2.05) is 25.3 Å². The van der Waals surface area contributed by atoms with E-state index in [-0.39, 0.29) is 6.61 Å². The number of alkyl halides is 1. The van der Waals surface area contributed by atoms with Crippen molar-refractivity contribution in [2.75, 3.05) is 11.9 Å². The molecule has 2 N–H and O–H groups in total. The van der Waals surface area contributed by atoms with E-state index in [0.717, 1.165) is 17.9 Å². The predicted molar refractivity (Wildman–Crippen MR) is 223 cm³/mol. The first-order valence-electron chi connectivity index (χ1n) is 16.7. The number of hydrogen-bond acceptors (Lipinski definition) is 3. The Morgan fingerprint density at radius 3 is 1.12 bits per heavy atom. The van der Waals surface area contributed by atoms with Crippen LogP contribution in [0.25, 0.3) is 43.6 Å². The molecule has 0 radical (unpaired) electrons. The Balaban J connectivity index is 0.000000308. The summed E-state index contributed by atoms with van der Waals surface area (Å²) in [5.41, 5.74) is 5.09. The third kappa shape index (κ3) is 15.9. The van der Waals surface area contributed by atoms with E-state index in [4.69, 9.17) is 14.7 Å². The minimum absolute atomic E-state index is 0.250. The van der Waals surface area contributed by atoms with Crippen LogP contribution in [-0.4, -0.2) is 48.3 Å². The van der Waals surface area contributed by atoms with Gasteiger partial charge in [0.1, 0.15) is 12.6 Å². The first kappa shape index (κ1) is 43.8. The number of rotatable bonds is 0. The molecule has 0 saturated heterocycles. The largest absolute Gasteiger partial charge is 0.397 e. The number of aliphatic hydroxyl groups excluding tert-OH is 1. The van der Waals surface area contributed by atoms with Crippen LogP contribution in [0.15, 0.2) is 146 Å². The highest BCUT2D eigenvalue weighted by molar-refractivity contribution is 9.09. The molecule has 0 amide bonds. The number of carbonyl (C=O) groups is 2. The summed E-state index contributed by atoms with van der Waals surface area (Å²) in [5, 5.41) is 13.8. The van der Waals surface area contributed by atoms with Crippen molar-refractivity contribution in [3.05, 3.63) is 146 Å². The Hall–Kier alpha value is -5.18.